The highest BCUT2D eigenvalue weighted by Crippen LogP contribution is 2.18. The Morgan fingerprint density at radius 1 is 0.839 bits per heavy atom. The van der Waals surface area contributed by atoms with Gasteiger partial charge >= 0.3 is 0 Å². The van der Waals surface area contributed by atoms with E-state index in [1.54, 1.807) is 54.6 Å². The van der Waals surface area contributed by atoms with E-state index in [1.807, 2.05) is 6.92 Å². The van der Waals surface area contributed by atoms with Gasteiger partial charge in [0.25, 0.3) is 11.8 Å². The molecular weight excluding hydrogens is 418 g/mol. The summed E-state index contributed by atoms with van der Waals surface area (Å²) in [6, 6.07) is 18.8. The van der Waals surface area contributed by atoms with Crippen molar-refractivity contribution in [3.63, 3.8) is 0 Å². The van der Waals surface area contributed by atoms with Crippen molar-refractivity contribution in [3.05, 3.63) is 83.9 Å². The number of rotatable bonds is 7. The summed E-state index contributed by atoms with van der Waals surface area (Å²) in [5.41, 5.74) is 1.59. The van der Waals surface area contributed by atoms with Crippen molar-refractivity contribution in [2.75, 3.05) is 17.2 Å². The zero-order valence-electron chi connectivity index (χ0n) is 16.7. The van der Waals surface area contributed by atoms with E-state index in [2.05, 4.69) is 10.6 Å². The number of hydrogen-bond donors (Lipinski definition) is 3. The number of nitrogens with two attached hydrogens (primary N) is 1. The first-order chi connectivity index (χ1) is 14.8. The van der Waals surface area contributed by atoms with E-state index in [4.69, 9.17) is 9.88 Å². The summed E-state index contributed by atoms with van der Waals surface area (Å²) >= 11 is 0. The predicted octanol–water partition coefficient (Wildman–Crippen LogP) is 3.24. The first-order valence-electron chi connectivity index (χ1n) is 9.35. The molecule has 4 N–H and O–H groups in total. The predicted molar refractivity (Wildman–Crippen MR) is 118 cm³/mol. The molecule has 0 atom stereocenters. The molecule has 9 heteroatoms. The van der Waals surface area contributed by atoms with Gasteiger partial charge in [0.1, 0.15) is 5.75 Å². The molecule has 3 rings (SSSR count). The number of benzene rings is 3. The smallest absolute Gasteiger partial charge is 0.255 e. The maximum atomic E-state index is 12.4. The molecule has 3 aromatic rings. The van der Waals surface area contributed by atoms with Crippen LogP contribution in [0.1, 0.15) is 27.6 Å². The lowest BCUT2D eigenvalue weighted by Crippen LogP contribution is -2.15. The van der Waals surface area contributed by atoms with Gasteiger partial charge in [0.15, 0.2) is 0 Å². The Hall–Kier alpha value is -3.69. The Morgan fingerprint density at radius 2 is 1.48 bits per heavy atom. The summed E-state index contributed by atoms with van der Waals surface area (Å²) in [4.78, 5) is 24.8. The monoisotopic (exact) mass is 439 g/mol. The first-order valence-corrected chi connectivity index (χ1v) is 10.9. The van der Waals surface area contributed by atoms with Crippen LogP contribution in [-0.4, -0.2) is 26.8 Å². The molecule has 3 aromatic carbocycles. The molecule has 0 saturated carbocycles. The quantitative estimate of drug-likeness (QED) is 0.521. The van der Waals surface area contributed by atoms with Crippen molar-refractivity contribution in [2.24, 2.45) is 5.14 Å². The number of amides is 2. The van der Waals surface area contributed by atoms with Gasteiger partial charge in [-0.3, -0.25) is 9.59 Å². The van der Waals surface area contributed by atoms with Crippen molar-refractivity contribution >= 4 is 33.2 Å². The van der Waals surface area contributed by atoms with Crippen LogP contribution in [0.3, 0.4) is 0 Å². The molecule has 31 heavy (non-hydrogen) atoms. The third-order valence-corrected chi connectivity index (χ3v) is 5.14. The van der Waals surface area contributed by atoms with Crippen molar-refractivity contribution < 1.29 is 22.7 Å². The van der Waals surface area contributed by atoms with Crippen molar-refractivity contribution in [1.82, 2.24) is 0 Å². The largest absolute Gasteiger partial charge is 0.494 e. The number of hydrogen-bond acceptors (Lipinski definition) is 5. The molecule has 0 fully saturated rings. The zero-order chi connectivity index (χ0) is 22.4. The van der Waals surface area contributed by atoms with E-state index in [0.29, 0.717) is 34.9 Å². The highest BCUT2D eigenvalue weighted by Gasteiger charge is 2.12. The van der Waals surface area contributed by atoms with Gasteiger partial charge in [-0.05, 0) is 67.6 Å². The molecule has 0 heterocycles. The molecule has 2 amide bonds. The molecule has 0 aliphatic heterocycles. The topological polar surface area (TPSA) is 128 Å². The third-order valence-electron chi connectivity index (χ3n) is 4.23. The standard InChI is InChI=1S/C22H21N3O5S/c1-2-30-19-7-3-5-16(13-19)22(27)24-17-11-9-15(10-12-17)21(26)25-18-6-4-8-20(14-18)31(23,28)29/h3-14H,2H2,1H3,(H,24,27)(H,25,26)(H2,23,28,29). The number of nitrogens with one attached hydrogen (secondary N) is 2. The first kappa shape index (κ1) is 22.0. The number of carbonyl (C=O) groups is 2. The Labute approximate surface area is 180 Å². The molecule has 0 aliphatic rings. The van der Waals surface area contributed by atoms with Crippen LogP contribution < -0.4 is 20.5 Å². The molecule has 8 nitrogen and oxygen atoms in total. The SMILES string of the molecule is CCOc1cccc(C(=O)Nc2ccc(C(=O)Nc3cccc(S(N)(=O)=O)c3)cc2)c1. The Morgan fingerprint density at radius 3 is 2.16 bits per heavy atom. The molecule has 160 valence electrons. The fourth-order valence-electron chi connectivity index (χ4n) is 2.76. The van der Waals surface area contributed by atoms with Crippen LogP contribution >= 0.6 is 0 Å². The highest BCUT2D eigenvalue weighted by atomic mass is 32.2. The number of sulfonamides is 1. The summed E-state index contributed by atoms with van der Waals surface area (Å²) in [6.45, 7) is 2.36. The lowest BCUT2D eigenvalue weighted by atomic mass is 10.1. The number of carbonyl (C=O) groups excluding carboxylic acids is 2. The normalized spacial score (nSPS) is 10.9. The van der Waals surface area contributed by atoms with Gasteiger partial charge in [0.2, 0.25) is 10.0 Å². The van der Waals surface area contributed by atoms with Gasteiger partial charge in [-0.2, -0.15) is 0 Å². The zero-order valence-corrected chi connectivity index (χ0v) is 17.5. The van der Waals surface area contributed by atoms with E-state index < -0.39 is 15.9 Å². The van der Waals surface area contributed by atoms with Gasteiger partial charge in [0.05, 0.1) is 11.5 Å². The summed E-state index contributed by atoms with van der Waals surface area (Å²) in [5.74, 6) is -0.138. The Bertz CT molecular complexity index is 1210. The minimum Gasteiger partial charge on any atom is -0.494 e. The minimum atomic E-state index is -3.87. The molecule has 0 unspecified atom stereocenters. The molecule has 0 radical (unpaired) electrons. The molecule has 0 bridgehead atoms. The van der Waals surface area contributed by atoms with E-state index in [-0.39, 0.29) is 10.8 Å². The van der Waals surface area contributed by atoms with Crippen LogP contribution in [0.2, 0.25) is 0 Å². The van der Waals surface area contributed by atoms with Crippen LogP contribution in [0.5, 0.6) is 5.75 Å². The van der Waals surface area contributed by atoms with E-state index in [9.17, 15) is 18.0 Å². The van der Waals surface area contributed by atoms with Gasteiger partial charge in [-0.15, -0.1) is 0 Å². The number of primary sulfonamides is 1. The second-order valence-electron chi connectivity index (χ2n) is 6.52. The summed E-state index contributed by atoms with van der Waals surface area (Å²) in [7, 11) is -3.87. The molecule has 0 saturated heterocycles. The van der Waals surface area contributed by atoms with Gasteiger partial charge in [-0.1, -0.05) is 12.1 Å². The van der Waals surface area contributed by atoms with Crippen molar-refractivity contribution in [3.8, 4) is 5.75 Å². The fraction of sp³-hybridized carbons (Fsp3) is 0.0909. The lowest BCUT2D eigenvalue weighted by Gasteiger charge is -2.09. The van der Waals surface area contributed by atoms with Crippen LogP contribution in [0.15, 0.2) is 77.7 Å². The van der Waals surface area contributed by atoms with E-state index >= 15 is 0 Å². The van der Waals surface area contributed by atoms with Crippen molar-refractivity contribution in [1.29, 1.82) is 0 Å². The van der Waals surface area contributed by atoms with Gasteiger partial charge in [-0.25, -0.2) is 13.6 Å². The average molecular weight is 439 g/mol. The lowest BCUT2D eigenvalue weighted by molar-refractivity contribution is 0.101. The average Bonchev–Trinajstić information content (AvgIpc) is 2.74. The van der Waals surface area contributed by atoms with Crippen LogP contribution in [0.25, 0.3) is 0 Å². The molecule has 0 aromatic heterocycles. The van der Waals surface area contributed by atoms with Crippen LogP contribution in [-0.2, 0) is 10.0 Å². The van der Waals surface area contributed by atoms with Gasteiger partial charge < -0.3 is 15.4 Å². The fourth-order valence-corrected chi connectivity index (χ4v) is 3.32. The highest BCUT2D eigenvalue weighted by molar-refractivity contribution is 7.89. The Kier molecular flexibility index (Phi) is 6.68. The number of ether oxygens (including phenoxy) is 1. The summed E-state index contributed by atoms with van der Waals surface area (Å²) in [5, 5.41) is 10.5. The van der Waals surface area contributed by atoms with Gasteiger partial charge in [0, 0.05) is 22.5 Å². The summed E-state index contributed by atoms with van der Waals surface area (Å²) < 4.78 is 28.3. The summed E-state index contributed by atoms with van der Waals surface area (Å²) in [6.07, 6.45) is 0. The van der Waals surface area contributed by atoms with Crippen molar-refractivity contribution in [2.45, 2.75) is 11.8 Å². The second-order valence-corrected chi connectivity index (χ2v) is 8.08. The van der Waals surface area contributed by atoms with E-state index in [1.165, 1.54) is 18.2 Å². The third kappa shape index (κ3) is 5.91. The maximum absolute atomic E-state index is 12.4. The van der Waals surface area contributed by atoms with Crippen LogP contribution in [0.4, 0.5) is 11.4 Å². The Balaban J connectivity index is 1.66. The molecular formula is C22H21N3O5S. The minimum absolute atomic E-state index is 0.100. The molecule has 0 aliphatic carbocycles. The molecule has 0 spiro atoms. The van der Waals surface area contributed by atoms with E-state index in [0.717, 1.165) is 0 Å². The number of anilines is 2. The van der Waals surface area contributed by atoms with Crippen LogP contribution in [0, 0.1) is 0 Å². The maximum Gasteiger partial charge on any atom is 0.255 e. The second kappa shape index (κ2) is 9.41.